The normalized spacial score (nSPS) is 14.1. The van der Waals surface area contributed by atoms with Gasteiger partial charge in [0.25, 0.3) is 10.0 Å². The van der Waals surface area contributed by atoms with Gasteiger partial charge in [-0.3, -0.25) is 9.71 Å². The first-order chi connectivity index (χ1) is 12.9. The van der Waals surface area contributed by atoms with E-state index < -0.39 is 27.3 Å². The van der Waals surface area contributed by atoms with Crippen molar-refractivity contribution >= 4 is 15.7 Å². The van der Waals surface area contributed by atoms with Crippen molar-refractivity contribution in [1.82, 2.24) is 9.97 Å². The first-order valence-corrected chi connectivity index (χ1v) is 9.69. The third-order valence-corrected chi connectivity index (χ3v) is 5.34. The van der Waals surface area contributed by atoms with Gasteiger partial charge in [0.2, 0.25) is 0 Å². The van der Waals surface area contributed by atoms with Gasteiger partial charge >= 0.3 is 0 Å². The molecule has 140 valence electrons. The van der Waals surface area contributed by atoms with Gasteiger partial charge in [0.1, 0.15) is 4.90 Å². The molecule has 1 aliphatic carbocycles. The van der Waals surface area contributed by atoms with E-state index in [1.807, 2.05) is 0 Å². The monoisotopic (exact) mass is 391 g/mol. The lowest BCUT2D eigenvalue weighted by Crippen LogP contribution is -2.14. The molecular formula is C18H15F2N3O3S. The van der Waals surface area contributed by atoms with Crippen molar-refractivity contribution in [1.29, 1.82) is 0 Å². The number of anilines is 1. The number of aromatic nitrogens is 2. The highest BCUT2D eigenvalue weighted by atomic mass is 32.2. The van der Waals surface area contributed by atoms with Crippen LogP contribution < -0.4 is 9.46 Å². The van der Waals surface area contributed by atoms with Gasteiger partial charge < -0.3 is 9.72 Å². The molecule has 1 saturated carbocycles. The highest BCUT2D eigenvalue weighted by Crippen LogP contribution is 2.32. The number of sulfonamides is 1. The number of hydrogen-bond acceptors (Lipinski definition) is 4. The summed E-state index contributed by atoms with van der Waals surface area (Å²) >= 11 is 0. The maximum absolute atomic E-state index is 14.2. The molecule has 0 radical (unpaired) electrons. The van der Waals surface area contributed by atoms with E-state index in [0.29, 0.717) is 11.4 Å². The fourth-order valence-electron chi connectivity index (χ4n) is 2.47. The molecule has 1 fully saturated rings. The van der Waals surface area contributed by atoms with E-state index in [-0.39, 0.29) is 16.7 Å². The van der Waals surface area contributed by atoms with Crippen LogP contribution in [0.4, 0.5) is 14.5 Å². The number of hydrogen-bond donors (Lipinski definition) is 2. The lowest BCUT2D eigenvalue weighted by molar-refractivity contribution is 0.286. The molecule has 27 heavy (non-hydrogen) atoms. The number of pyridine rings is 1. The van der Waals surface area contributed by atoms with Gasteiger partial charge in [-0.2, -0.15) is 0 Å². The van der Waals surface area contributed by atoms with Gasteiger partial charge in [0.15, 0.2) is 17.4 Å². The van der Waals surface area contributed by atoms with Crippen LogP contribution >= 0.6 is 0 Å². The van der Waals surface area contributed by atoms with E-state index >= 15 is 0 Å². The summed E-state index contributed by atoms with van der Waals surface area (Å²) in [7, 11) is -4.12. The molecule has 0 saturated heterocycles. The van der Waals surface area contributed by atoms with Crippen molar-refractivity contribution in [2.45, 2.75) is 23.8 Å². The van der Waals surface area contributed by atoms with Crippen LogP contribution in [-0.4, -0.2) is 24.5 Å². The lowest BCUT2D eigenvalue weighted by Gasteiger charge is -2.11. The molecule has 6 nitrogen and oxygen atoms in total. The Bertz CT molecular complexity index is 1080. The van der Waals surface area contributed by atoms with Crippen LogP contribution in [0.3, 0.4) is 0 Å². The molecule has 0 aliphatic heterocycles. The minimum absolute atomic E-state index is 0.105. The maximum Gasteiger partial charge on any atom is 0.263 e. The topological polar surface area (TPSA) is 84.1 Å². The molecule has 1 aliphatic rings. The fraction of sp³-hybridized carbons (Fsp3) is 0.167. The highest BCUT2D eigenvalue weighted by molar-refractivity contribution is 7.92. The number of nitrogens with zero attached hydrogens (tertiary/aromatic N) is 1. The zero-order chi connectivity index (χ0) is 19.0. The first-order valence-electron chi connectivity index (χ1n) is 8.21. The van der Waals surface area contributed by atoms with Crippen LogP contribution in [-0.2, 0) is 10.0 Å². The fourth-order valence-corrected chi connectivity index (χ4v) is 3.52. The summed E-state index contributed by atoms with van der Waals surface area (Å²) in [6.07, 6.45) is 4.31. The summed E-state index contributed by atoms with van der Waals surface area (Å²) in [6, 6.07) is 8.20. The minimum Gasteiger partial charge on any atom is -0.487 e. The Hall–Kier alpha value is -2.94. The van der Waals surface area contributed by atoms with Gasteiger partial charge in [-0.1, -0.05) is 6.07 Å². The van der Waals surface area contributed by atoms with Crippen LogP contribution in [0.5, 0.6) is 5.75 Å². The van der Waals surface area contributed by atoms with Crippen LogP contribution in [0.1, 0.15) is 12.8 Å². The summed E-state index contributed by atoms with van der Waals surface area (Å²) < 4.78 is 60.6. The second kappa shape index (κ2) is 6.66. The number of H-pyrrole nitrogens is 1. The van der Waals surface area contributed by atoms with Crippen LogP contribution in [0, 0.1) is 11.6 Å². The van der Waals surface area contributed by atoms with E-state index in [1.54, 1.807) is 24.4 Å². The number of aromatic amines is 1. The Balaban J connectivity index is 1.58. The van der Waals surface area contributed by atoms with Crippen molar-refractivity contribution < 1.29 is 21.9 Å². The summed E-state index contributed by atoms with van der Waals surface area (Å²) in [5.74, 6) is -1.97. The van der Waals surface area contributed by atoms with Gasteiger partial charge in [0, 0.05) is 24.5 Å². The molecule has 3 aromatic rings. The second-order valence-electron chi connectivity index (χ2n) is 6.15. The van der Waals surface area contributed by atoms with Gasteiger partial charge in [-0.05, 0) is 31.0 Å². The van der Waals surface area contributed by atoms with Gasteiger partial charge in [0.05, 0.1) is 23.2 Å². The van der Waals surface area contributed by atoms with Crippen molar-refractivity contribution in [3.63, 3.8) is 0 Å². The van der Waals surface area contributed by atoms with Crippen LogP contribution in [0.2, 0.25) is 0 Å². The Kier molecular flexibility index (Phi) is 4.31. The Labute approximate surface area is 154 Å². The lowest BCUT2D eigenvalue weighted by atomic mass is 10.3. The van der Waals surface area contributed by atoms with Crippen LogP contribution in [0.25, 0.3) is 11.4 Å². The van der Waals surface area contributed by atoms with Gasteiger partial charge in [-0.25, -0.2) is 17.2 Å². The molecule has 2 heterocycles. The molecule has 4 rings (SSSR count). The molecule has 2 aromatic heterocycles. The second-order valence-corrected chi connectivity index (χ2v) is 7.83. The van der Waals surface area contributed by atoms with Gasteiger partial charge in [-0.15, -0.1) is 0 Å². The molecular weight excluding hydrogens is 376 g/mol. The quantitative estimate of drug-likeness (QED) is 0.671. The molecule has 0 amide bonds. The average molecular weight is 391 g/mol. The third kappa shape index (κ3) is 3.77. The first kappa shape index (κ1) is 17.5. The SMILES string of the molecule is O=S(=O)(Nc1cc(F)c(OC2CC2)cc1F)c1c[nH]c(-c2ccccn2)c1. The predicted molar refractivity (Wildman–Crippen MR) is 94.8 cm³/mol. The van der Waals surface area contributed by atoms with Crippen LogP contribution in [0.15, 0.2) is 53.7 Å². The summed E-state index contributed by atoms with van der Waals surface area (Å²) in [6.45, 7) is 0. The average Bonchev–Trinajstić information content (AvgIpc) is 3.31. The summed E-state index contributed by atoms with van der Waals surface area (Å²) in [5, 5.41) is 0. The van der Waals surface area contributed by atoms with Crippen molar-refractivity contribution in [2.24, 2.45) is 0 Å². The smallest absolute Gasteiger partial charge is 0.263 e. The Morgan fingerprint density at radius 1 is 1.15 bits per heavy atom. The molecule has 2 N–H and O–H groups in total. The predicted octanol–water partition coefficient (Wildman–Crippen LogP) is 3.70. The third-order valence-electron chi connectivity index (χ3n) is 3.99. The maximum atomic E-state index is 14.2. The summed E-state index contributed by atoms with van der Waals surface area (Å²) in [5.41, 5.74) is 0.546. The van der Waals surface area contributed by atoms with E-state index in [1.165, 1.54) is 12.3 Å². The van der Waals surface area contributed by atoms with E-state index in [2.05, 4.69) is 14.7 Å². The molecule has 0 unspecified atom stereocenters. The zero-order valence-corrected chi connectivity index (χ0v) is 14.8. The highest BCUT2D eigenvalue weighted by Gasteiger charge is 2.26. The van der Waals surface area contributed by atoms with E-state index in [4.69, 9.17) is 4.74 Å². The van der Waals surface area contributed by atoms with E-state index in [9.17, 15) is 17.2 Å². The summed E-state index contributed by atoms with van der Waals surface area (Å²) in [4.78, 5) is 6.81. The molecule has 0 spiro atoms. The number of benzene rings is 1. The Morgan fingerprint density at radius 3 is 2.67 bits per heavy atom. The number of ether oxygens (including phenoxy) is 1. The zero-order valence-electron chi connectivity index (χ0n) is 13.9. The van der Waals surface area contributed by atoms with Crippen molar-refractivity contribution in [3.05, 3.63) is 60.4 Å². The molecule has 0 bridgehead atoms. The Morgan fingerprint density at radius 2 is 1.96 bits per heavy atom. The largest absolute Gasteiger partial charge is 0.487 e. The number of rotatable bonds is 6. The van der Waals surface area contributed by atoms with Crippen molar-refractivity contribution in [3.8, 4) is 17.1 Å². The van der Waals surface area contributed by atoms with Crippen molar-refractivity contribution in [2.75, 3.05) is 4.72 Å². The van der Waals surface area contributed by atoms with E-state index in [0.717, 1.165) is 25.0 Å². The molecule has 9 heteroatoms. The number of halogens is 2. The molecule has 0 atom stereocenters. The number of nitrogens with one attached hydrogen (secondary N) is 2. The minimum atomic E-state index is -4.12. The standard InChI is InChI=1S/C18H15F2N3O3S/c19-13-9-18(26-11-4-5-11)14(20)8-16(13)23-27(24,25)12-7-17(22-10-12)15-3-1-2-6-21-15/h1-3,6-11,22-23H,4-5H2. The molecule has 1 aromatic carbocycles.